The lowest BCUT2D eigenvalue weighted by molar-refractivity contribution is -0.117. The lowest BCUT2D eigenvalue weighted by Crippen LogP contribution is -2.28. The largest absolute Gasteiger partial charge is 0.462 e. The van der Waals surface area contributed by atoms with Gasteiger partial charge in [0.15, 0.2) is 0 Å². The van der Waals surface area contributed by atoms with Gasteiger partial charge in [-0.05, 0) is 19.1 Å². The topological polar surface area (TPSA) is 59.5 Å². The molecule has 6 heteroatoms. The number of pyridine rings is 1. The van der Waals surface area contributed by atoms with Gasteiger partial charge < -0.3 is 4.74 Å². The molecule has 1 aliphatic rings. The molecule has 0 aliphatic carbocycles. The Morgan fingerprint density at radius 1 is 1.67 bits per heavy atom. The van der Waals surface area contributed by atoms with Crippen molar-refractivity contribution in [2.75, 3.05) is 18.1 Å². The summed E-state index contributed by atoms with van der Waals surface area (Å²) < 4.78 is 4.95. The van der Waals surface area contributed by atoms with Crippen molar-refractivity contribution in [3.8, 4) is 0 Å². The summed E-state index contributed by atoms with van der Waals surface area (Å²) in [5.74, 6) is -0.173. The third kappa shape index (κ3) is 2.48. The van der Waals surface area contributed by atoms with Gasteiger partial charge in [-0.3, -0.25) is 9.69 Å². The first-order valence-corrected chi connectivity index (χ1v) is 6.25. The highest BCUT2D eigenvalue weighted by Crippen LogP contribution is 2.25. The quantitative estimate of drug-likeness (QED) is 0.661. The highest BCUT2D eigenvalue weighted by Gasteiger charge is 2.31. The van der Waals surface area contributed by atoms with Crippen LogP contribution >= 0.6 is 12.6 Å². The van der Waals surface area contributed by atoms with Gasteiger partial charge in [-0.2, -0.15) is 12.6 Å². The summed E-state index contributed by atoms with van der Waals surface area (Å²) in [6.45, 7) is 2.49. The van der Waals surface area contributed by atoms with Crippen molar-refractivity contribution in [3.05, 3.63) is 23.9 Å². The summed E-state index contributed by atoms with van der Waals surface area (Å²) in [6, 6.07) is 3.26. The maximum Gasteiger partial charge on any atom is 0.341 e. The Hall–Kier alpha value is -1.56. The van der Waals surface area contributed by atoms with Crippen molar-refractivity contribution in [3.63, 3.8) is 0 Å². The molecule has 1 saturated heterocycles. The molecule has 0 bridgehead atoms. The normalized spacial score (nSPS) is 19.1. The molecule has 2 heterocycles. The van der Waals surface area contributed by atoms with Gasteiger partial charge in [-0.1, -0.05) is 0 Å². The average molecular weight is 266 g/mol. The van der Waals surface area contributed by atoms with Gasteiger partial charge >= 0.3 is 5.97 Å². The number of thiol groups is 1. The van der Waals surface area contributed by atoms with Crippen LogP contribution in [-0.2, 0) is 9.53 Å². The number of esters is 1. The Labute approximate surface area is 111 Å². The minimum Gasteiger partial charge on any atom is -0.462 e. The Bertz CT molecular complexity index is 478. The van der Waals surface area contributed by atoms with E-state index >= 15 is 0 Å². The highest BCUT2D eigenvalue weighted by molar-refractivity contribution is 7.81. The first-order valence-electron chi connectivity index (χ1n) is 5.74. The highest BCUT2D eigenvalue weighted by atomic mass is 32.1. The van der Waals surface area contributed by atoms with E-state index in [0.29, 0.717) is 24.3 Å². The van der Waals surface area contributed by atoms with Crippen molar-refractivity contribution >= 4 is 30.3 Å². The number of nitrogens with zero attached hydrogens (tertiary/aromatic N) is 2. The number of hydrogen-bond donors (Lipinski definition) is 1. The predicted octanol–water partition coefficient (Wildman–Crippen LogP) is 1.29. The third-order valence-electron chi connectivity index (χ3n) is 2.64. The van der Waals surface area contributed by atoms with Crippen LogP contribution in [0.25, 0.3) is 0 Å². The van der Waals surface area contributed by atoms with Crippen LogP contribution in [0, 0.1) is 0 Å². The monoisotopic (exact) mass is 266 g/mol. The molecule has 0 radical (unpaired) electrons. The number of amides is 1. The zero-order valence-electron chi connectivity index (χ0n) is 10.00. The van der Waals surface area contributed by atoms with E-state index in [-0.39, 0.29) is 17.8 Å². The van der Waals surface area contributed by atoms with Gasteiger partial charge in [-0.25, -0.2) is 9.78 Å². The zero-order valence-corrected chi connectivity index (χ0v) is 10.9. The molecular weight excluding hydrogens is 252 g/mol. The second-order valence-electron chi connectivity index (χ2n) is 3.96. The predicted molar refractivity (Wildman–Crippen MR) is 69.9 cm³/mol. The number of aromatic nitrogens is 1. The second kappa shape index (κ2) is 5.39. The Morgan fingerprint density at radius 2 is 2.44 bits per heavy atom. The minimum absolute atomic E-state index is 0.0189. The molecular formula is C12H14N2O3S. The SMILES string of the molecule is CCOC(=O)c1cccnc1N1CC(S)CC1=O. The van der Waals surface area contributed by atoms with Crippen molar-refractivity contribution in [2.24, 2.45) is 0 Å². The first-order chi connectivity index (χ1) is 8.63. The fraction of sp³-hybridized carbons (Fsp3) is 0.417. The van der Waals surface area contributed by atoms with Gasteiger partial charge in [0.05, 0.1) is 6.61 Å². The van der Waals surface area contributed by atoms with Crippen molar-refractivity contribution in [1.29, 1.82) is 0 Å². The standard InChI is InChI=1S/C12H14N2O3S/c1-2-17-12(16)9-4-3-5-13-11(9)14-7-8(18)6-10(14)15/h3-5,8,18H,2,6-7H2,1H3. The van der Waals surface area contributed by atoms with Gasteiger partial charge in [0, 0.05) is 24.4 Å². The van der Waals surface area contributed by atoms with Crippen LogP contribution in [-0.4, -0.2) is 35.3 Å². The van der Waals surface area contributed by atoms with E-state index in [2.05, 4.69) is 17.6 Å². The molecule has 0 spiro atoms. The van der Waals surface area contributed by atoms with Gasteiger partial charge in [-0.15, -0.1) is 0 Å². The molecule has 0 aromatic carbocycles. The van der Waals surface area contributed by atoms with E-state index in [0.717, 1.165) is 0 Å². The molecule has 18 heavy (non-hydrogen) atoms. The summed E-state index contributed by atoms with van der Waals surface area (Å²) in [6.07, 6.45) is 1.92. The van der Waals surface area contributed by atoms with Crippen molar-refractivity contribution in [2.45, 2.75) is 18.6 Å². The van der Waals surface area contributed by atoms with Gasteiger partial charge in [0.2, 0.25) is 5.91 Å². The molecule has 0 saturated carbocycles. The summed E-state index contributed by atoms with van der Waals surface area (Å²) in [5, 5.41) is -0.0189. The molecule has 1 atom stereocenters. The molecule has 96 valence electrons. The zero-order chi connectivity index (χ0) is 13.1. The number of rotatable bonds is 3. The van der Waals surface area contributed by atoms with E-state index in [1.807, 2.05) is 0 Å². The summed E-state index contributed by atoms with van der Waals surface area (Å²) in [7, 11) is 0. The molecule has 1 fully saturated rings. The van der Waals surface area contributed by atoms with Crippen molar-refractivity contribution < 1.29 is 14.3 Å². The van der Waals surface area contributed by atoms with E-state index in [4.69, 9.17) is 4.74 Å². The van der Waals surface area contributed by atoms with Crippen LogP contribution in [0.5, 0.6) is 0 Å². The summed E-state index contributed by atoms with van der Waals surface area (Å²) >= 11 is 4.28. The van der Waals surface area contributed by atoms with Crippen LogP contribution < -0.4 is 4.90 Å². The van der Waals surface area contributed by atoms with E-state index in [1.165, 1.54) is 4.90 Å². The molecule has 1 unspecified atom stereocenters. The van der Waals surface area contributed by atoms with E-state index in [9.17, 15) is 9.59 Å². The second-order valence-corrected chi connectivity index (χ2v) is 4.69. The Balaban J connectivity index is 2.33. The third-order valence-corrected chi connectivity index (χ3v) is 2.99. The molecule has 5 nitrogen and oxygen atoms in total. The molecule has 1 aromatic rings. The van der Waals surface area contributed by atoms with E-state index in [1.54, 1.807) is 25.3 Å². The molecule has 1 aliphatic heterocycles. The minimum atomic E-state index is -0.462. The van der Waals surface area contributed by atoms with Gasteiger partial charge in [0.25, 0.3) is 0 Å². The lowest BCUT2D eigenvalue weighted by atomic mass is 10.2. The number of hydrogen-bond acceptors (Lipinski definition) is 5. The first kappa shape index (κ1) is 12.9. The maximum atomic E-state index is 11.8. The smallest absolute Gasteiger partial charge is 0.341 e. The Kier molecular flexibility index (Phi) is 3.86. The molecule has 2 rings (SSSR count). The number of ether oxygens (including phenoxy) is 1. The number of carbonyl (C=O) groups is 2. The molecule has 1 aromatic heterocycles. The lowest BCUT2D eigenvalue weighted by Gasteiger charge is -2.17. The maximum absolute atomic E-state index is 11.8. The molecule has 1 amide bonds. The van der Waals surface area contributed by atoms with Crippen LogP contribution in [0.3, 0.4) is 0 Å². The number of anilines is 1. The average Bonchev–Trinajstić information content (AvgIpc) is 2.69. The Morgan fingerprint density at radius 3 is 3.06 bits per heavy atom. The van der Waals surface area contributed by atoms with Crippen LogP contribution in [0.15, 0.2) is 18.3 Å². The fourth-order valence-electron chi connectivity index (χ4n) is 1.87. The molecule has 0 N–H and O–H groups in total. The van der Waals surface area contributed by atoms with Crippen LogP contribution in [0.2, 0.25) is 0 Å². The summed E-state index contributed by atoms with van der Waals surface area (Å²) in [5.41, 5.74) is 0.315. The summed E-state index contributed by atoms with van der Waals surface area (Å²) in [4.78, 5) is 29.2. The number of carbonyl (C=O) groups excluding carboxylic acids is 2. The van der Waals surface area contributed by atoms with Crippen LogP contribution in [0.1, 0.15) is 23.7 Å². The fourth-order valence-corrected chi connectivity index (χ4v) is 2.19. The van der Waals surface area contributed by atoms with Crippen molar-refractivity contribution in [1.82, 2.24) is 4.98 Å². The van der Waals surface area contributed by atoms with E-state index < -0.39 is 5.97 Å². The van der Waals surface area contributed by atoms with Gasteiger partial charge in [0.1, 0.15) is 11.4 Å². The van der Waals surface area contributed by atoms with Crippen LogP contribution in [0.4, 0.5) is 5.82 Å².